The van der Waals surface area contributed by atoms with Gasteiger partial charge in [0.05, 0.1) is 18.5 Å². The number of fused-ring (bicyclic) bond motifs is 1. The molecular formula is C24H24F3N5O. The van der Waals surface area contributed by atoms with E-state index in [1.807, 2.05) is 18.2 Å². The zero-order valence-corrected chi connectivity index (χ0v) is 18.1. The fraction of sp³-hybridized carbons (Fsp3) is 0.375. The van der Waals surface area contributed by atoms with Crippen LogP contribution in [0.1, 0.15) is 18.5 Å². The number of aromatic nitrogens is 3. The number of anilines is 1. The van der Waals surface area contributed by atoms with Crippen molar-refractivity contribution in [2.24, 2.45) is 11.8 Å². The second kappa shape index (κ2) is 8.97. The van der Waals surface area contributed by atoms with Crippen molar-refractivity contribution in [3.8, 4) is 17.1 Å². The Balaban J connectivity index is 1.17. The number of methoxy groups -OCH3 is 1. The number of hydrogen-bond donors (Lipinski definition) is 1. The van der Waals surface area contributed by atoms with Crippen LogP contribution in [0.25, 0.3) is 11.3 Å². The number of halogens is 3. The van der Waals surface area contributed by atoms with Crippen LogP contribution >= 0.6 is 0 Å². The van der Waals surface area contributed by atoms with Crippen LogP contribution in [-0.4, -0.2) is 46.3 Å². The molecule has 0 spiro atoms. The molecule has 0 bridgehead atoms. The maximum atomic E-state index is 14.0. The molecule has 9 heteroatoms. The lowest BCUT2D eigenvalue weighted by Gasteiger charge is -2.19. The van der Waals surface area contributed by atoms with Crippen molar-refractivity contribution < 1.29 is 17.9 Å². The molecule has 3 heterocycles. The van der Waals surface area contributed by atoms with Crippen LogP contribution in [0.2, 0.25) is 0 Å². The first-order valence-corrected chi connectivity index (χ1v) is 11.0. The molecule has 3 atom stereocenters. The fourth-order valence-corrected chi connectivity index (χ4v) is 5.04. The molecule has 1 aliphatic carbocycles. The van der Waals surface area contributed by atoms with Crippen LogP contribution in [0.3, 0.4) is 0 Å². The minimum atomic E-state index is -1.25. The molecule has 6 nitrogen and oxygen atoms in total. The van der Waals surface area contributed by atoms with Gasteiger partial charge in [-0.15, -0.1) is 10.2 Å². The van der Waals surface area contributed by atoms with E-state index in [0.717, 1.165) is 44.2 Å². The maximum absolute atomic E-state index is 14.0. The third kappa shape index (κ3) is 4.64. The van der Waals surface area contributed by atoms with Gasteiger partial charge in [-0.3, -0.25) is 4.90 Å². The molecule has 5 rings (SSSR count). The highest BCUT2D eigenvalue weighted by Crippen LogP contribution is 2.39. The van der Waals surface area contributed by atoms with E-state index < -0.39 is 17.5 Å². The highest BCUT2D eigenvalue weighted by molar-refractivity contribution is 5.60. The highest BCUT2D eigenvalue weighted by Gasteiger charge is 2.40. The van der Waals surface area contributed by atoms with Crippen molar-refractivity contribution >= 4 is 5.82 Å². The molecule has 1 N–H and O–H groups in total. The van der Waals surface area contributed by atoms with Crippen molar-refractivity contribution in [3.05, 3.63) is 65.6 Å². The number of pyridine rings is 1. The molecule has 33 heavy (non-hydrogen) atoms. The Morgan fingerprint density at radius 3 is 2.52 bits per heavy atom. The van der Waals surface area contributed by atoms with Gasteiger partial charge in [-0.05, 0) is 48.9 Å². The summed E-state index contributed by atoms with van der Waals surface area (Å²) in [7, 11) is 1.62. The van der Waals surface area contributed by atoms with Crippen LogP contribution < -0.4 is 10.1 Å². The Labute approximate surface area is 189 Å². The molecule has 1 saturated heterocycles. The monoisotopic (exact) mass is 455 g/mol. The normalized spacial score (nSPS) is 22.4. The van der Waals surface area contributed by atoms with Crippen molar-refractivity contribution in [3.63, 3.8) is 0 Å². The summed E-state index contributed by atoms with van der Waals surface area (Å²) in [5.74, 6) is -0.838. The second-order valence-corrected chi connectivity index (χ2v) is 8.75. The molecule has 2 aliphatic rings. The first-order chi connectivity index (χ1) is 16.0. The van der Waals surface area contributed by atoms with Crippen molar-refractivity contribution in [2.75, 3.05) is 25.5 Å². The summed E-state index contributed by atoms with van der Waals surface area (Å²) in [5, 5.41) is 11.5. The molecule has 2 fully saturated rings. The molecule has 1 saturated carbocycles. The van der Waals surface area contributed by atoms with E-state index in [1.54, 1.807) is 13.2 Å². The van der Waals surface area contributed by atoms with Crippen molar-refractivity contribution in [1.29, 1.82) is 0 Å². The molecule has 3 aromatic rings. The van der Waals surface area contributed by atoms with Gasteiger partial charge in [0.25, 0.3) is 0 Å². The van der Waals surface area contributed by atoms with Gasteiger partial charge in [0.1, 0.15) is 11.6 Å². The third-order valence-corrected chi connectivity index (χ3v) is 6.49. The summed E-state index contributed by atoms with van der Waals surface area (Å²) >= 11 is 0. The predicted molar refractivity (Wildman–Crippen MR) is 117 cm³/mol. The smallest absolute Gasteiger partial charge is 0.213 e. The third-order valence-electron chi connectivity index (χ3n) is 6.49. The van der Waals surface area contributed by atoms with Gasteiger partial charge in [0.2, 0.25) is 5.88 Å². The molecule has 0 amide bonds. The second-order valence-electron chi connectivity index (χ2n) is 8.75. The molecule has 0 radical (unpaired) electrons. The Morgan fingerprint density at radius 2 is 1.82 bits per heavy atom. The van der Waals surface area contributed by atoms with Crippen molar-refractivity contribution in [2.45, 2.75) is 25.4 Å². The van der Waals surface area contributed by atoms with Gasteiger partial charge in [-0.2, -0.15) is 0 Å². The molecule has 1 aliphatic heterocycles. The van der Waals surface area contributed by atoms with Gasteiger partial charge >= 0.3 is 0 Å². The average molecular weight is 455 g/mol. The first-order valence-electron chi connectivity index (χ1n) is 11.0. The number of benzene rings is 1. The highest BCUT2D eigenvalue weighted by atomic mass is 19.2. The number of hydrogen-bond acceptors (Lipinski definition) is 6. The summed E-state index contributed by atoms with van der Waals surface area (Å²) in [4.78, 5) is 6.95. The van der Waals surface area contributed by atoms with Crippen LogP contribution in [0.15, 0.2) is 42.5 Å². The fourth-order valence-electron chi connectivity index (χ4n) is 5.04. The largest absolute Gasteiger partial charge is 0.481 e. The summed E-state index contributed by atoms with van der Waals surface area (Å²) in [6.07, 6.45) is 2.06. The summed E-state index contributed by atoms with van der Waals surface area (Å²) in [5.41, 5.74) is 0.850. The van der Waals surface area contributed by atoms with E-state index in [1.165, 1.54) is 6.07 Å². The topological polar surface area (TPSA) is 63.2 Å². The summed E-state index contributed by atoms with van der Waals surface area (Å²) in [6.45, 7) is 2.86. The standard InChI is InChI=1S/C24H24F3N5O/c1-33-23-4-2-3-17(29-23)13-32-11-14-7-18(8-15(14)12-32)28-22-6-5-21(30-31-22)19-9-16(25)10-20(26)24(19)27/h2-6,9-10,14-15,18H,7-8,11-13H2,1H3,(H,28,31)/t14-,15+,18+. The van der Waals surface area contributed by atoms with Gasteiger partial charge in [0.15, 0.2) is 11.6 Å². The Kier molecular flexibility index (Phi) is 5.88. The van der Waals surface area contributed by atoms with Crippen LogP contribution in [0.4, 0.5) is 19.0 Å². The molecule has 172 valence electrons. The average Bonchev–Trinajstić information content (AvgIpc) is 3.34. The first kappa shape index (κ1) is 21.6. The van der Waals surface area contributed by atoms with Gasteiger partial charge in [0, 0.05) is 43.4 Å². The van der Waals surface area contributed by atoms with Crippen LogP contribution in [0, 0.1) is 29.3 Å². The number of ether oxygens (including phenoxy) is 1. The lowest BCUT2D eigenvalue weighted by Crippen LogP contribution is -2.25. The predicted octanol–water partition coefficient (Wildman–Crippen LogP) is 4.29. The van der Waals surface area contributed by atoms with Crippen molar-refractivity contribution in [1.82, 2.24) is 20.1 Å². The Hall–Kier alpha value is -3.20. The van der Waals surface area contributed by atoms with Gasteiger partial charge in [-0.1, -0.05) is 6.07 Å². The number of rotatable bonds is 6. The van der Waals surface area contributed by atoms with E-state index in [-0.39, 0.29) is 17.3 Å². The lowest BCUT2D eigenvalue weighted by molar-refractivity contribution is 0.295. The Bertz CT molecular complexity index is 1130. The van der Waals surface area contributed by atoms with Crippen LogP contribution in [-0.2, 0) is 6.54 Å². The molecular weight excluding hydrogens is 431 g/mol. The number of likely N-dealkylation sites (tertiary alicyclic amines) is 1. The van der Waals surface area contributed by atoms with Crippen LogP contribution in [0.5, 0.6) is 5.88 Å². The van der Waals surface area contributed by atoms with Gasteiger partial charge in [-0.25, -0.2) is 18.2 Å². The van der Waals surface area contributed by atoms with E-state index in [9.17, 15) is 13.2 Å². The summed E-state index contributed by atoms with van der Waals surface area (Å²) in [6, 6.07) is 10.7. The van der Waals surface area contributed by atoms with Gasteiger partial charge < -0.3 is 10.1 Å². The number of nitrogens with zero attached hydrogens (tertiary/aromatic N) is 4. The zero-order chi connectivity index (χ0) is 22.9. The quantitative estimate of drug-likeness (QED) is 0.560. The lowest BCUT2D eigenvalue weighted by atomic mass is 10.0. The SMILES string of the molecule is COc1cccc(CN2C[C@H]3C[C@H](Nc4ccc(-c5cc(F)cc(F)c5F)nn4)C[C@H]3C2)n1. The van der Waals surface area contributed by atoms with E-state index >= 15 is 0 Å². The minimum Gasteiger partial charge on any atom is -0.481 e. The maximum Gasteiger partial charge on any atom is 0.213 e. The minimum absolute atomic E-state index is 0.0848. The summed E-state index contributed by atoms with van der Waals surface area (Å²) < 4.78 is 46.2. The Morgan fingerprint density at radius 1 is 1.03 bits per heavy atom. The zero-order valence-electron chi connectivity index (χ0n) is 18.1. The number of nitrogens with one attached hydrogen (secondary N) is 1. The molecule has 2 aromatic heterocycles. The molecule has 1 aromatic carbocycles. The van der Waals surface area contributed by atoms with E-state index in [4.69, 9.17) is 4.74 Å². The van der Waals surface area contributed by atoms with E-state index in [2.05, 4.69) is 25.4 Å². The molecule has 0 unspecified atom stereocenters. The van der Waals surface area contributed by atoms with E-state index in [0.29, 0.717) is 29.6 Å².